The number of nitrogens with one attached hydrogen (secondary N) is 1. The molecule has 4 heteroatoms. The Hall–Kier alpha value is -0.800. The third-order valence-electron chi connectivity index (χ3n) is 3.35. The highest BCUT2D eigenvalue weighted by molar-refractivity contribution is 6.30. The summed E-state index contributed by atoms with van der Waals surface area (Å²) < 4.78 is 0. The molecule has 0 radical (unpaired) electrons. The number of hydrogen-bond acceptors (Lipinski definition) is 3. The van der Waals surface area contributed by atoms with Gasteiger partial charge in [-0.3, -0.25) is 0 Å². The smallest absolute Gasteiger partial charge is 0.128 e. The summed E-state index contributed by atoms with van der Waals surface area (Å²) in [6.45, 7) is 3.21. The van der Waals surface area contributed by atoms with Crippen molar-refractivity contribution in [2.24, 2.45) is 0 Å². The Kier molecular flexibility index (Phi) is 3.36. The fourth-order valence-corrected chi connectivity index (χ4v) is 2.51. The zero-order chi connectivity index (χ0) is 11.6. The number of pyridine rings is 1. The van der Waals surface area contributed by atoms with Gasteiger partial charge in [0.1, 0.15) is 5.82 Å². The lowest BCUT2D eigenvalue weighted by Crippen LogP contribution is -2.39. The second-order valence-corrected chi connectivity index (χ2v) is 5.09. The molecule has 1 aliphatic heterocycles. The highest BCUT2D eigenvalue weighted by atomic mass is 35.5. The quantitative estimate of drug-likeness (QED) is 0.792. The monoisotopic (exact) mass is 239 g/mol. The van der Waals surface area contributed by atoms with Crippen LogP contribution < -0.4 is 11.1 Å². The summed E-state index contributed by atoms with van der Waals surface area (Å²) in [7, 11) is 0. The molecular formula is C12H18ClN3. The third kappa shape index (κ3) is 2.30. The molecule has 1 unspecified atom stereocenters. The zero-order valence-electron chi connectivity index (χ0n) is 9.59. The largest absolute Gasteiger partial charge is 0.383 e. The Labute approximate surface area is 101 Å². The average molecular weight is 240 g/mol. The number of nitrogen functional groups attached to an aromatic ring is 1. The van der Waals surface area contributed by atoms with Gasteiger partial charge in [-0.05, 0) is 32.4 Å². The number of nitrogens with zero attached hydrogens (tertiary/aromatic N) is 1. The van der Waals surface area contributed by atoms with E-state index in [4.69, 9.17) is 17.3 Å². The van der Waals surface area contributed by atoms with Gasteiger partial charge in [0, 0.05) is 17.3 Å². The van der Waals surface area contributed by atoms with E-state index in [-0.39, 0.29) is 5.54 Å². The maximum absolute atomic E-state index is 5.99. The van der Waals surface area contributed by atoms with E-state index in [0.29, 0.717) is 10.8 Å². The molecule has 3 N–H and O–H groups in total. The summed E-state index contributed by atoms with van der Waals surface area (Å²) >= 11 is 5.99. The Morgan fingerprint density at radius 3 is 3.06 bits per heavy atom. The molecule has 1 aliphatic rings. The molecule has 2 heterocycles. The molecule has 1 aromatic heterocycles. The summed E-state index contributed by atoms with van der Waals surface area (Å²) in [6, 6.07) is 1.93. The van der Waals surface area contributed by atoms with Gasteiger partial charge in [-0.2, -0.15) is 0 Å². The summed E-state index contributed by atoms with van der Waals surface area (Å²) in [4.78, 5) is 4.14. The van der Waals surface area contributed by atoms with Crippen LogP contribution in [-0.4, -0.2) is 11.5 Å². The number of aromatic nitrogens is 1. The number of anilines is 1. The van der Waals surface area contributed by atoms with Gasteiger partial charge in [0.15, 0.2) is 0 Å². The van der Waals surface area contributed by atoms with Crippen molar-refractivity contribution in [3.63, 3.8) is 0 Å². The first-order valence-corrected chi connectivity index (χ1v) is 6.16. The lowest BCUT2D eigenvalue weighted by Gasteiger charge is -2.30. The Morgan fingerprint density at radius 1 is 1.44 bits per heavy atom. The van der Waals surface area contributed by atoms with E-state index in [9.17, 15) is 0 Å². The van der Waals surface area contributed by atoms with Crippen molar-refractivity contribution in [3.05, 3.63) is 22.8 Å². The van der Waals surface area contributed by atoms with Crippen molar-refractivity contribution >= 4 is 17.4 Å². The van der Waals surface area contributed by atoms with Crippen LogP contribution >= 0.6 is 11.6 Å². The first-order chi connectivity index (χ1) is 7.62. The standard InChI is InChI=1S/C12H18ClN3/c1-12(5-3-2-4-6-16-12)10-7-9(13)8-15-11(10)14/h7-8,16H,2-6H2,1H3,(H2,14,15). The lowest BCUT2D eigenvalue weighted by atomic mass is 9.88. The second kappa shape index (κ2) is 4.60. The highest BCUT2D eigenvalue weighted by Gasteiger charge is 2.29. The van der Waals surface area contributed by atoms with Crippen molar-refractivity contribution in [2.75, 3.05) is 12.3 Å². The first kappa shape index (κ1) is 11.7. The van der Waals surface area contributed by atoms with Crippen molar-refractivity contribution in [2.45, 2.75) is 38.1 Å². The van der Waals surface area contributed by atoms with E-state index in [1.807, 2.05) is 6.07 Å². The lowest BCUT2D eigenvalue weighted by molar-refractivity contribution is 0.360. The molecule has 0 aromatic carbocycles. The minimum absolute atomic E-state index is 0.0848. The number of hydrogen-bond donors (Lipinski definition) is 2. The topological polar surface area (TPSA) is 50.9 Å². The second-order valence-electron chi connectivity index (χ2n) is 4.66. The molecule has 1 aromatic rings. The van der Waals surface area contributed by atoms with E-state index in [2.05, 4.69) is 17.2 Å². The summed E-state index contributed by atoms with van der Waals surface area (Å²) in [5.41, 5.74) is 6.89. The molecule has 88 valence electrons. The molecule has 0 aliphatic carbocycles. The van der Waals surface area contributed by atoms with Crippen LogP contribution in [0, 0.1) is 0 Å². The number of rotatable bonds is 1. The summed E-state index contributed by atoms with van der Waals surface area (Å²) in [5, 5.41) is 4.21. The van der Waals surface area contributed by atoms with Crippen LogP contribution in [0.4, 0.5) is 5.82 Å². The van der Waals surface area contributed by atoms with Crippen LogP contribution in [-0.2, 0) is 5.54 Å². The first-order valence-electron chi connectivity index (χ1n) is 5.78. The third-order valence-corrected chi connectivity index (χ3v) is 3.56. The van der Waals surface area contributed by atoms with E-state index in [1.54, 1.807) is 6.20 Å². The molecule has 3 nitrogen and oxygen atoms in total. The van der Waals surface area contributed by atoms with Crippen molar-refractivity contribution in [3.8, 4) is 0 Å². The minimum Gasteiger partial charge on any atom is -0.383 e. The normalized spacial score (nSPS) is 26.4. The molecule has 0 amide bonds. The van der Waals surface area contributed by atoms with Crippen LogP contribution in [0.1, 0.15) is 38.2 Å². The molecule has 0 spiro atoms. The molecule has 0 saturated carbocycles. The molecule has 0 bridgehead atoms. The Morgan fingerprint density at radius 2 is 2.25 bits per heavy atom. The maximum Gasteiger partial charge on any atom is 0.128 e. The van der Waals surface area contributed by atoms with Gasteiger partial charge in [-0.1, -0.05) is 24.4 Å². The zero-order valence-corrected chi connectivity index (χ0v) is 10.3. The summed E-state index contributed by atoms with van der Waals surface area (Å²) in [6.07, 6.45) is 6.40. The predicted molar refractivity (Wildman–Crippen MR) is 67.5 cm³/mol. The highest BCUT2D eigenvalue weighted by Crippen LogP contribution is 2.33. The van der Waals surface area contributed by atoms with E-state index < -0.39 is 0 Å². The van der Waals surface area contributed by atoms with Gasteiger partial charge in [0.25, 0.3) is 0 Å². The van der Waals surface area contributed by atoms with Crippen LogP contribution in [0.5, 0.6) is 0 Å². The van der Waals surface area contributed by atoms with E-state index in [1.165, 1.54) is 19.3 Å². The molecule has 16 heavy (non-hydrogen) atoms. The van der Waals surface area contributed by atoms with Gasteiger partial charge in [-0.25, -0.2) is 4.98 Å². The van der Waals surface area contributed by atoms with E-state index in [0.717, 1.165) is 18.5 Å². The van der Waals surface area contributed by atoms with Gasteiger partial charge in [0.05, 0.1) is 5.02 Å². The fraction of sp³-hybridized carbons (Fsp3) is 0.583. The summed E-state index contributed by atoms with van der Waals surface area (Å²) in [5.74, 6) is 0.585. The molecular weight excluding hydrogens is 222 g/mol. The van der Waals surface area contributed by atoms with Crippen LogP contribution in [0.15, 0.2) is 12.3 Å². The van der Waals surface area contributed by atoms with Gasteiger partial charge >= 0.3 is 0 Å². The van der Waals surface area contributed by atoms with Crippen LogP contribution in [0.25, 0.3) is 0 Å². The molecule has 2 rings (SSSR count). The Balaban J connectivity index is 2.36. The predicted octanol–water partition coefficient (Wildman–Crippen LogP) is 2.70. The van der Waals surface area contributed by atoms with Crippen LogP contribution in [0.3, 0.4) is 0 Å². The Bertz CT molecular complexity index is 371. The van der Waals surface area contributed by atoms with Crippen LogP contribution in [0.2, 0.25) is 5.02 Å². The molecule has 1 fully saturated rings. The van der Waals surface area contributed by atoms with Crippen molar-refractivity contribution in [1.82, 2.24) is 10.3 Å². The molecule has 1 saturated heterocycles. The van der Waals surface area contributed by atoms with Crippen molar-refractivity contribution < 1.29 is 0 Å². The van der Waals surface area contributed by atoms with Crippen molar-refractivity contribution in [1.29, 1.82) is 0 Å². The van der Waals surface area contributed by atoms with Gasteiger partial charge < -0.3 is 11.1 Å². The number of nitrogens with two attached hydrogens (primary N) is 1. The molecule has 1 atom stereocenters. The van der Waals surface area contributed by atoms with Gasteiger partial charge in [-0.15, -0.1) is 0 Å². The fourth-order valence-electron chi connectivity index (χ4n) is 2.35. The number of halogens is 1. The maximum atomic E-state index is 5.99. The van der Waals surface area contributed by atoms with Gasteiger partial charge in [0.2, 0.25) is 0 Å². The SMILES string of the molecule is CC1(c2cc(Cl)cnc2N)CCCCCN1. The average Bonchev–Trinajstić information content (AvgIpc) is 2.48. The minimum atomic E-state index is -0.0848. The van der Waals surface area contributed by atoms with E-state index >= 15 is 0 Å².